The minimum Gasteiger partial charge on any atom is -0.484 e. The Morgan fingerprint density at radius 3 is 2.55 bits per heavy atom. The average molecular weight is 357 g/mol. The molecule has 1 fully saturated rings. The summed E-state index contributed by atoms with van der Waals surface area (Å²) in [6.45, 7) is 1.92. The van der Waals surface area contributed by atoms with Gasteiger partial charge in [0.2, 0.25) is 0 Å². The van der Waals surface area contributed by atoms with Crippen LogP contribution in [0.5, 0.6) is 5.75 Å². The molecule has 0 spiro atoms. The van der Waals surface area contributed by atoms with Crippen molar-refractivity contribution in [3.05, 3.63) is 63.1 Å². The number of nitrogens with one attached hydrogen (secondary N) is 1. The SMILES string of the molecule is Clc1cc(Cl)c(Cl)c(O[C@H](c2ccccc2)[C@@H]2CCNC2)c1. The topological polar surface area (TPSA) is 21.3 Å². The molecule has 116 valence electrons. The Morgan fingerprint density at radius 2 is 1.86 bits per heavy atom. The molecular weight excluding hydrogens is 341 g/mol. The molecule has 1 N–H and O–H groups in total. The molecule has 1 saturated heterocycles. The lowest BCUT2D eigenvalue weighted by Gasteiger charge is -2.25. The first-order valence-corrected chi connectivity index (χ1v) is 8.35. The smallest absolute Gasteiger partial charge is 0.141 e. The third-order valence-corrected chi connectivity index (χ3v) is 4.87. The Bertz CT molecular complexity index is 642. The first-order chi connectivity index (χ1) is 10.6. The van der Waals surface area contributed by atoms with Crippen molar-refractivity contribution in [3.8, 4) is 5.75 Å². The summed E-state index contributed by atoms with van der Waals surface area (Å²) in [7, 11) is 0. The van der Waals surface area contributed by atoms with Gasteiger partial charge in [0.15, 0.2) is 0 Å². The van der Waals surface area contributed by atoms with Gasteiger partial charge in [0.25, 0.3) is 0 Å². The maximum absolute atomic E-state index is 6.27. The summed E-state index contributed by atoms with van der Waals surface area (Å²) in [6.07, 6.45) is 0.981. The highest BCUT2D eigenvalue weighted by molar-refractivity contribution is 6.44. The normalized spacial score (nSPS) is 19.1. The van der Waals surface area contributed by atoms with Crippen LogP contribution in [0.1, 0.15) is 18.1 Å². The zero-order valence-electron chi connectivity index (χ0n) is 11.9. The number of benzene rings is 2. The van der Waals surface area contributed by atoms with Crippen LogP contribution in [0.25, 0.3) is 0 Å². The number of ether oxygens (including phenoxy) is 1. The predicted molar refractivity (Wildman–Crippen MR) is 92.3 cm³/mol. The van der Waals surface area contributed by atoms with Crippen LogP contribution in [-0.4, -0.2) is 13.1 Å². The van der Waals surface area contributed by atoms with Gasteiger partial charge in [-0.05, 0) is 24.6 Å². The second-order valence-corrected chi connectivity index (χ2v) is 6.62. The maximum atomic E-state index is 6.27. The van der Waals surface area contributed by atoms with Gasteiger partial charge in [0.05, 0.1) is 5.02 Å². The van der Waals surface area contributed by atoms with E-state index in [-0.39, 0.29) is 6.10 Å². The van der Waals surface area contributed by atoms with Gasteiger partial charge >= 0.3 is 0 Å². The average Bonchev–Trinajstić information content (AvgIpc) is 3.04. The Balaban J connectivity index is 1.93. The van der Waals surface area contributed by atoms with E-state index in [1.807, 2.05) is 18.2 Å². The fourth-order valence-corrected chi connectivity index (χ4v) is 3.40. The molecule has 1 aliphatic rings. The van der Waals surface area contributed by atoms with Crippen LogP contribution < -0.4 is 10.1 Å². The second-order valence-electron chi connectivity index (χ2n) is 5.40. The van der Waals surface area contributed by atoms with Gasteiger partial charge in [-0.15, -0.1) is 0 Å². The molecule has 2 atom stereocenters. The van der Waals surface area contributed by atoms with Crippen molar-refractivity contribution in [1.82, 2.24) is 5.32 Å². The highest BCUT2D eigenvalue weighted by Gasteiger charge is 2.28. The maximum Gasteiger partial charge on any atom is 0.141 e. The Labute approximate surface area is 145 Å². The quantitative estimate of drug-likeness (QED) is 0.743. The van der Waals surface area contributed by atoms with Crippen molar-refractivity contribution in [3.63, 3.8) is 0 Å². The zero-order chi connectivity index (χ0) is 15.5. The first-order valence-electron chi connectivity index (χ1n) is 7.22. The highest BCUT2D eigenvalue weighted by atomic mass is 35.5. The summed E-state index contributed by atoms with van der Waals surface area (Å²) in [6, 6.07) is 13.5. The summed E-state index contributed by atoms with van der Waals surface area (Å²) < 4.78 is 6.24. The summed E-state index contributed by atoms with van der Waals surface area (Å²) in [5.74, 6) is 0.913. The first kappa shape index (κ1) is 15.9. The lowest BCUT2D eigenvalue weighted by atomic mass is 9.95. The monoisotopic (exact) mass is 355 g/mol. The van der Waals surface area contributed by atoms with Crippen molar-refractivity contribution < 1.29 is 4.74 Å². The van der Waals surface area contributed by atoms with Crippen molar-refractivity contribution in [2.75, 3.05) is 13.1 Å². The fourth-order valence-electron chi connectivity index (χ4n) is 2.77. The minimum atomic E-state index is -0.0803. The van der Waals surface area contributed by atoms with Crippen LogP contribution in [0.3, 0.4) is 0 Å². The van der Waals surface area contributed by atoms with E-state index in [0.29, 0.717) is 26.7 Å². The van der Waals surface area contributed by atoms with Crippen LogP contribution in [0, 0.1) is 5.92 Å². The molecule has 0 unspecified atom stereocenters. The van der Waals surface area contributed by atoms with Gasteiger partial charge in [-0.25, -0.2) is 0 Å². The van der Waals surface area contributed by atoms with Gasteiger partial charge in [-0.3, -0.25) is 0 Å². The van der Waals surface area contributed by atoms with E-state index in [1.165, 1.54) is 0 Å². The summed E-state index contributed by atoms with van der Waals surface area (Å²) in [5.41, 5.74) is 1.13. The van der Waals surface area contributed by atoms with Crippen molar-refractivity contribution in [1.29, 1.82) is 0 Å². The Morgan fingerprint density at radius 1 is 1.09 bits per heavy atom. The third-order valence-electron chi connectivity index (χ3n) is 3.87. The molecule has 0 saturated carbocycles. The molecule has 0 aliphatic carbocycles. The second kappa shape index (κ2) is 7.10. The number of halogens is 3. The molecule has 2 nitrogen and oxygen atoms in total. The molecule has 2 aromatic rings. The van der Waals surface area contributed by atoms with Gasteiger partial charge in [0, 0.05) is 23.6 Å². The summed E-state index contributed by atoms with van der Waals surface area (Å²) >= 11 is 18.4. The van der Waals surface area contributed by atoms with Crippen molar-refractivity contribution in [2.24, 2.45) is 5.92 Å². The van der Waals surface area contributed by atoms with E-state index in [0.717, 1.165) is 25.1 Å². The van der Waals surface area contributed by atoms with E-state index in [4.69, 9.17) is 39.5 Å². The van der Waals surface area contributed by atoms with Gasteiger partial charge in [-0.1, -0.05) is 65.1 Å². The highest BCUT2D eigenvalue weighted by Crippen LogP contribution is 2.40. The number of rotatable bonds is 4. The summed E-state index contributed by atoms with van der Waals surface area (Å²) in [5, 5.41) is 4.70. The van der Waals surface area contributed by atoms with E-state index in [9.17, 15) is 0 Å². The Hall–Kier alpha value is -0.930. The fraction of sp³-hybridized carbons (Fsp3) is 0.294. The van der Waals surface area contributed by atoms with Gasteiger partial charge < -0.3 is 10.1 Å². The predicted octanol–water partition coefficient (Wildman–Crippen LogP) is 5.38. The van der Waals surface area contributed by atoms with Gasteiger partial charge in [0.1, 0.15) is 16.9 Å². The van der Waals surface area contributed by atoms with Gasteiger partial charge in [-0.2, -0.15) is 0 Å². The van der Waals surface area contributed by atoms with Crippen LogP contribution in [0.4, 0.5) is 0 Å². The minimum absolute atomic E-state index is 0.0803. The molecule has 1 heterocycles. The van der Waals surface area contributed by atoms with Crippen LogP contribution in [0.15, 0.2) is 42.5 Å². The van der Waals surface area contributed by atoms with E-state index >= 15 is 0 Å². The van der Waals surface area contributed by atoms with Crippen LogP contribution >= 0.6 is 34.8 Å². The molecule has 0 amide bonds. The van der Waals surface area contributed by atoms with Crippen molar-refractivity contribution in [2.45, 2.75) is 12.5 Å². The molecule has 0 bridgehead atoms. The third kappa shape index (κ3) is 3.52. The van der Waals surface area contributed by atoms with Crippen LogP contribution in [-0.2, 0) is 0 Å². The molecule has 0 radical (unpaired) electrons. The number of hydrogen-bond acceptors (Lipinski definition) is 2. The summed E-state index contributed by atoms with van der Waals surface area (Å²) in [4.78, 5) is 0. The van der Waals surface area contributed by atoms with E-state index in [1.54, 1.807) is 12.1 Å². The molecule has 2 aromatic carbocycles. The Kier molecular flexibility index (Phi) is 5.14. The van der Waals surface area contributed by atoms with Crippen molar-refractivity contribution >= 4 is 34.8 Å². The molecule has 0 aromatic heterocycles. The lowest BCUT2D eigenvalue weighted by Crippen LogP contribution is -2.21. The molecule has 22 heavy (non-hydrogen) atoms. The molecule has 5 heteroatoms. The molecular formula is C17H16Cl3NO. The lowest BCUT2D eigenvalue weighted by molar-refractivity contribution is 0.144. The standard InChI is InChI=1S/C17H16Cl3NO/c18-13-8-14(19)16(20)15(9-13)22-17(12-6-7-21-10-12)11-4-2-1-3-5-11/h1-5,8-9,12,17,21H,6-7,10H2/t12-,17-/m1/s1. The largest absolute Gasteiger partial charge is 0.484 e. The zero-order valence-corrected chi connectivity index (χ0v) is 14.1. The van der Waals surface area contributed by atoms with Crippen LogP contribution in [0.2, 0.25) is 15.1 Å². The molecule has 3 rings (SSSR count). The number of hydrogen-bond donors (Lipinski definition) is 1. The molecule has 1 aliphatic heterocycles. The van der Waals surface area contributed by atoms with E-state index < -0.39 is 0 Å². The van der Waals surface area contributed by atoms with E-state index in [2.05, 4.69) is 17.4 Å².